The van der Waals surface area contributed by atoms with E-state index in [-0.39, 0.29) is 29.8 Å². The molecule has 0 bridgehead atoms. The van der Waals surface area contributed by atoms with Crippen molar-refractivity contribution in [2.24, 2.45) is 5.92 Å². The highest BCUT2D eigenvalue weighted by atomic mass is 16.5. The lowest BCUT2D eigenvalue weighted by molar-refractivity contribution is -0.123. The molecule has 304 valence electrons. The lowest BCUT2D eigenvalue weighted by Crippen LogP contribution is -2.50. The second-order valence-corrected chi connectivity index (χ2v) is 16.8. The molecule has 0 aliphatic carbocycles. The third-order valence-electron chi connectivity index (χ3n) is 13.2. The number of piperidine rings is 3. The van der Waals surface area contributed by atoms with Crippen molar-refractivity contribution >= 4 is 40.3 Å². The maximum atomic E-state index is 13.4. The van der Waals surface area contributed by atoms with E-state index >= 15 is 0 Å². The van der Waals surface area contributed by atoms with Gasteiger partial charge in [0.25, 0.3) is 11.8 Å². The van der Waals surface area contributed by atoms with Crippen LogP contribution in [0.4, 0.5) is 11.5 Å². The zero-order valence-corrected chi connectivity index (χ0v) is 33.2. The molecule has 3 N–H and O–H groups in total. The Bertz CT molecular complexity index is 2360. The normalized spacial score (nSPS) is 22.3. The molecule has 5 aliphatic rings. The first-order valence-electron chi connectivity index (χ1n) is 21.2. The van der Waals surface area contributed by atoms with Gasteiger partial charge in [-0.3, -0.25) is 24.2 Å². The number of nitrogens with one attached hydrogen (secondary N) is 1. The Labute approximate surface area is 343 Å². The smallest absolute Gasteiger partial charge is 0.261 e. The average molecular weight is 795 g/mol. The molecule has 3 aromatic carbocycles. The monoisotopic (exact) mass is 794 g/mol. The standard InChI is InChI=1S/C45H50N10O4/c46-42-40-41(30-6-10-36(11-7-30)59-35-4-2-1-3-5-35)50-55(43(40)49-28-48-42)31-17-22-53(23-18-31)34-16-19-51(27-34)26-29-14-20-52(21-15-29)32-8-12-37-38(24-32)45(58)54(44(37)57)33-9-13-39(56)47-25-33/h1-8,10-12,24,28-29,31,33-34H,9,13-23,25-27H2,(H,47,56)(H2,46,48,49)/t33?,34-/m1/s1. The molecular formula is C45H50N10O4. The Kier molecular flexibility index (Phi) is 9.97. The van der Waals surface area contributed by atoms with E-state index in [1.165, 1.54) is 17.6 Å². The molecule has 1 unspecified atom stereocenters. The van der Waals surface area contributed by atoms with Gasteiger partial charge in [-0.1, -0.05) is 18.2 Å². The van der Waals surface area contributed by atoms with E-state index in [1.807, 2.05) is 72.8 Å². The molecular weight excluding hydrogens is 745 g/mol. The summed E-state index contributed by atoms with van der Waals surface area (Å²) in [6, 6.07) is 23.9. The Morgan fingerprint density at radius 1 is 0.746 bits per heavy atom. The van der Waals surface area contributed by atoms with E-state index in [4.69, 9.17) is 15.6 Å². The summed E-state index contributed by atoms with van der Waals surface area (Å²) in [7, 11) is 0. The maximum absolute atomic E-state index is 13.4. The van der Waals surface area contributed by atoms with Gasteiger partial charge in [0.05, 0.1) is 28.6 Å². The van der Waals surface area contributed by atoms with Gasteiger partial charge in [0.15, 0.2) is 5.65 Å². The van der Waals surface area contributed by atoms with Gasteiger partial charge < -0.3 is 25.6 Å². The molecule has 0 saturated carbocycles. The van der Waals surface area contributed by atoms with Gasteiger partial charge in [0.1, 0.15) is 29.3 Å². The van der Waals surface area contributed by atoms with Gasteiger partial charge in [-0.2, -0.15) is 5.10 Å². The lowest BCUT2D eigenvalue weighted by atomic mass is 9.95. The Hall–Kier alpha value is -5.86. The molecule has 5 aromatic rings. The largest absolute Gasteiger partial charge is 0.457 e. The number of nitrogen functional groups attached to an aromatic ring is 1. The number of likely N-dealkylation sites (tertiary alicyclic amines) is 2. The van der Waals surface area contributed by atoms with E-state index in [2.05, 4.69) is 34.7 Å². The van der Waals surface area contributed by atoms with E-state index < -0.39 is 0 Å². The predicted molar refractivity (Wildman–Crippen MR) is 224 cm³/mol. The van der Waals surface area contributed by atoms with E-state index in [0.717, 1.165) is 111 Å². The van der Waals surface area contributed by atoms with Crippen LogP contribution in [0.2, 0.25) is 0 Å². The second-order valence-electron chi connectivity index (χ2n) is 16.8. The number of aromatic nitrogens is 4. The molecule has 14 heteroatoms. The number of benzene rings is 3. The third-order valence-corrected chi connectivity index (χ3v) is 13.2. The zero-order chi connectivity index (χ0) is 40.0. The van der Waals surface area contributed by atoms with Gasteiger partial charge in [-0.05, 0) is 106 Å². The fourth-order valence-corrected chi connectivity index (χ4v) is 9.98. The summed E-state index contributed by atoms with van der Waals surface area (Å²) in [5.41, 5.74) is 10.9. The first-order chi connectivity index (χ1) is 28.9. The van der Waals surface area contributed by atoms with Crippen LogP contribution in [0.3, 0.4) is 0 Å². The Balaban J connectivity index is 0.720. The Morgan fingerprint density at radius 3 is 2.25 bits per heavy atom. The van der Waals surface area contributed by atoms with Gasteiger partial charge in [0.2, 0.25) is 5.91 Å². The van der Waals surface area contributed by atoms with Crippen molar-refractivity contribution in [1.29, 1.82) is 0 Å². The second kappa shape index (κ2) is 15.7. The molecule has 7 heterocycles. The minimum atomic E-state index is -0.291. The molecule has 0 spiro atoms. The summed E-state index contributed by atoms with van der Waals surface area (Å²) in [4.78, 5) is 56.3. The molecule has 10 rings (SSSR count). The van der Waals surface area contributed by atoms with Crippen LogP contribution < -0.4 is 20.7 Å². The summed E-state index contributed by atoms with van der Waals surface area (Å²) in [5, 5.41) is 8.74. The van der Waals surface area contributed by atoms with Crippen LogP contribution in [0.25, 0.3) is 22.3 Å². The zero-order valence-electron chi connectivity index (χ0n) is 33.2. The summed E-state index contributed by atoms with van der Waals surface area (Å²) in [6.45, 7) is 7.59. The summed E-state index contributed by atoms with van der Waals surface area (Å²) >= 11 is 0. The molecule has 3 amide bonds. The minimum absolute atomic E-state index is 0.0306. The predicted octanol–water partition coefficient (Wildman–Crippen LogP) is 5.37. The number of fused-ring (bicyclic) bond motifs is 2. The highest BCUT2D eigenvalue weighted by Gasteiger charge is 2.42. The number of amides is 3. The van der Waals surface area contributed by atoms with Crippen molar-refractivity contribution in [2.45, 2.75) is 63.1 Å². The summed E-state index contributed by atoms with van der Waals surface area (Å²) < 4.78 is 8.12. The van der Waals surface area contributed by atoms with Crippen LogP contribution in [0, 0.1) is 5.92 Å². The number of hydrogen-bond donors (Lipinski definition) is 2. The minimum Gasteiger partial charge on any atom is -0.457 e. The van der Waals surface area contributed by atoms with Crippen molar-refractivity contribution in [3.63, 3.8) is 0 Å². The number of hydrogen-bond acceptors (Lipinski definition) is 11. The average Bonchev–Trinajstić information content (AvgIpc) is 3.97. The van der Waals surface area contributed by atoms with Crippen LogP contribution in [-0.4, -0.2) is 117 Å². The first-order valence-corrected chi connectivity index (χ1v) is 21.2. The number of para-hydroxylation sites is 1. The number of anilines is 2. The first kappa shape index (κ1) is 37.4. The molecule has 0 radical (unpaired) electrons. The quantitative estimate of drug-likeness (QED) is 0.185. The molecule has 4 saturated heterocycles. The van der Waals surface area contributed by atoms with Gasteiger partial charge in [-0.15, -0.1) is 0 Å². The molecule has 2 aromatic heterocycles. The van der Waals surface area contributed by atoms with Crippen LogP contribution in [0.5, 0.6) is 11.5 Å². The van der Waals surface area contributed by atoms with Crippen LogP contribution in [0.1, 0.15) is 71.7 Å². The highest BCUT2D eigenvalue weighted by molar-refractivity contribution is 6.22. The van der Waals surface area contributed by atoms with Crippen molar-refractivity contribution in [3.8, 4) is 22.8 Å². The number of rotatable bonds is 9. The van der Waals surface area contributed by atoms with Crippen molar-refractivity contribution in [2.75, 3.05) is 63.0 Å². The number of imide groups is 1. The molecule has 2 atom stereocenters. The number of ether oxygens (including phenoxy) is 1. The van der Waals surface area contributed by atoms with E-state index in [9.17, 15) is 14.4 Å². The van der Waals surface area contributed by atoms with Gasteiger partial charge >= 0.3 is 0 Å². The van der Waals surface area contributed by atoms with Crippen molar-refractivity contribution in [1.82, 2.24) is 39.8 Å². The topological polar surface area (TPSA) is 155 Å². The van der Waals surface area contributed by atoms with Crippen molar-refractivity contribution in [3.05, 3.63) is 90.3 Å². The Morgan fingerprint density at radius 2 is 1.49 bits per heavy atom. The fourth-order valence-electron chi connectivity index (χ4n) is 9.98. The molecule has 5 aliphatic heterocycles. The number of carbonyl (C=O) groups excluding carboxylic acids is 3. The molecule has 4 fully saturated rings. The van der Waals surface area contributed by atoms with E-state index in [1.54, 1.807) is 0 Å². The summed E-state index contributed by atoms with van der Waals surface area (Å²) in [5.74, 6) is 2.09. The number of nitrogens with two attached hydrogens (primary N) is 1. The highest BCUT2D eigenvalue weighted by Crippen LogP contribution is 2.37. The third kappa shape index (κ3) is 7.28. The number of carbonyl (C=O) groups is 3. The van der Waals surface area contributed by atoms with Crippen LogP contribution in [0.15, 0.2) is 79.1 Å². The lowest BCUT2D eigenvalue weighted by Gasteiger charge is -2.37. The maximum Gasteiger partial charge on any atom is 0.261 e. The number of nitrogens with zero attached hydrogens (tertiary/aromatic N) is 8. The van der Waals surface area contributed by atoms with Crippen molar-refractivity contribution < 1.29 is 19.1 Å². The molecule has 59 heavy (non-hydrogen) atoms. The van der Waals surface area contributed by atoms with Gasteiger partial charge in [0, 0.05) is 69.5 Å². The van der Waals surface area contributed by atoms with Crippen LogP contribution >= 0.6 is 0 Å². The molecule has 14 nitrogen and oxygen atoms in total. The SMILES string of the molecule is Nc1ncnc2c1c(-c1ccc(Oc3ccccc3)cc1)nn2C1CCN([C@@H]2CCN(CC3CCN(c4ccc5c(c4)C(=O)N(C4CCC(=O)NC4)C5=O)CC3)C2)CC1. The van der Waals surface area contributed by atoms with Crippen LogP contribution in [-0.2, 0) is 4.79 Å². The van der Waals surface area contributed by atoms with E-state index in [0.29, 0.717) is 48.3 Å². The fraction of sp³-hybridized carbons (Fsp3) is 0.422. The van der Waals surface area contributed by atoms with Gasteiger partial charge in [-0.25, -0.2) is 14.6 Å². The summed E-state index contributed by atoms with van der Waals surface area (Å²) in [6.07, 6.45) is 7.77.